The Morgan fingerprint density at radius 3 is 2.75 bits per heavy atom. The topological polar surface area (TPSA) is 80.2 Å². The Bertz CT molecular complexity index is 530. The molecule has 0 aromatic carbocycles. The Morgan fingerprint density at radius 1 is 1.45 bits per heavy atom. The molecule has 1 amide bonds. The number of carbonyl (C=O) groups excluding carboxylic acids is 1. The number of likely N-dealkylation sites (tertiary alicyclic amines) is 1. The van der Waals surface area contributed by atoms with Crippen LogP contribution in [-0.4, -0.2) is 51.4 Å². The van der Waals surface area contributed by atoms with Crippen molar-refractivity contribution in [1.29, 1.82) is 0 Å². The van der Waals surface area contributed by atoms with Gasteiger partial charge in [-0.05, 0) is 26.2 Å². The molecular formula is C13H20N4O3. The van der Waals surface area contributed by atoms with Crippen LogP contribution in [0.25, 0.3) is 0 Å². The molecule has 7 nitrogen and oxygen atoms in total. The number of aromatic amines is 1. The second kappa shape index (κ2) is 5.40. The number of ether oxygens (including phenoxy) is 1. The quantitative estimate of drug-likeness (QED) is 0.837. The number of carbonyl (C=O) groups is 1. The Morgan fingerprint density at radius 2 is 2.20 bits per heavy atom. The van der Waals surface area contributed by atoms with Gasteiger partial charge in [-0.15, -0.1) is 0 Å². The van der Waals surface area contributed by atoms with Gasteiger partial charge in [0.05, 0.1) is 18.6 Å². The molecule has 20 heavy (non-hydrogen) atoms. The maximum atomic E-state index is 12.4. The van der Waals surface area contributed by atoms with Crippen molar-refractivity contribution in [2.24, 2.45) is 5.92 Å². The van der Waals surface area contributed by atoms with E-state index in [0.29, 0.717) is 19.7 Å². The number of aromatic nitrogens is 3. The molecular weight excluding hydrogens is 260 g/mol. The second-order valence-electron chi connectivity index (χ2n) is 5.70. The zero-order valence-electron chi connectivity index (χ0n) is 11.6. The van der Waals surface area contributed by atoms with Gasteiger partial charge >= 0.3 is 5.69 Å². The maximum absolute atomic E-state index is 12.4. The van der Waals surface area contributed by atoms with E-state index in [0.717, 1.165) is 19.3 Å². The molecule has 0 aliphatic carbocycles. The summed E-state index contributed by atoms with van der Waals surface area (Å²) in [6, 6.07) is 0.143. The monoisotopic (exact) mass is 280 g/mol. The summed E-state index contributed by atoms with van der Waals surface area (Å²) in [7, 11) is 0. The van der Waals surface area contributed by atoms with E-state index in [4.69, 9.17) is 4.74 Å². The second-order valence-corrected chi connectivity index (χ2v) is 5.70. The molecule has 0 bridgehead atoms. The molecule has 110 valence electrons. The van der Waals surface area contributed by atoms with Gasteiger partial charge in [0.1, 0.15) is 6.33 Å². The van der Waals surface area contributed by atoms with E-state index in [9.17, 15) is 9.59 Å². The SMILES string of the molecule is CC1CC(C(=O)N2CCC(n3cn[nH]c3=O)CC2)CO1. The third-order valence-corrected chi connectivity index (χ3v) is 4.29. The third kappa shape index (κ3) is 2.49. The Labute approximate surface area is 116 Å². The van der Waals surface area contributed by atoms with Crippen LogP contribution in [0.3, 0.4) is 0 Å². The summed E-state index contributed by atoms with van der Waals surface area (Å²) in [5.41, 5.74) is -0.173. The summed E-state index contributed by atoms with van der Waals surface area (Å²) in [4.78, 5) is 25.8. The largest absolute Gasteiger partial charge is 0.378 e. The lowest BCUT2D eigenvalue weighted by atomic mass is 10.0. The van der Waals surface area contributed by atoms with E-state index in [1.807, 2.05) is 11.8 Å². The number of nitrogens with zero attached hydrogens (tertiary/aromatic N) is 3. The minimum Gasteiger partial charge on any atom is -0.378 e. The van der Waals surface area contributed by atoms with Gasteiger partial charge in [-0.25, -0.2) is 9.89 Å². The highest BCUT2D eigenvalue weighted by molar-refractivity contribution is 5.79. The highest BCUT2D eigenvalue weighted by Crippen LogP contribution is 2.25. The van der Waals surface area contributed by atoms with Gasteiger partial charge in [-0.2, -0.15) is 5.10 Å². The van der Waals surface area contributed by atoms with Crippen LogP contribution in [0.1, 0.15) is 32.2 Å². The average Bonchev–Trinajstić information content (AvgIpc) is 3.07. The lowest BCUT2D eigenvalue weighted by Gasteiger charge is -2.33. The first kappa shape index (κ1) is 13.4. The van der Waals surface area contributed by atoms with Crippen molar-refractivity contribution in [2.45, 2.75) is 38.3 Å². The van der Waals surface area contributed by atoms with Gasteiger partial charge in [-0.1, -0.05) is 0 Å². The molecule has 0 radical (unpaired) electrons. The molecule has 0 spiro atoms. The third-order valence-electron chi connectivity index (χ3n) is 4.29. The first-order valence-electron chi connectivity index (χ1n) is 7.17. The average molecular weight is 280 g/mol. The van der Waals surface area contributed by atoms with E-state index in [1.54, 1.807) is 4.57 Å². The van der Waals surface area contributed by atoms with E-state index in [2.05, 4.69) is 10.2 Å². The number of hydrogen-bond donors (Lipinski definition) is 1. The number of nitrogens with one attached hydrogen (secondary N) is 1. The van der Waals surface area contributed by atoms with Crippen molar-refractivity contribution in [3.05, 3.63) is 16.8 Å². The molecule has 2 fully saturated rings. The number of H-pyrrole nitrogens is 1. The number of amides is 1. The van der Waals surface area contributed by atoms with Crippen LogP contribution in [0, 0.1) is 5.92 Å². The summed E-state index contributed by atoms with van der Waals surface area (Å²) in [6.07, 6.45) is 4.14. The number of rotatable bonds is 2. The van der Waals surface area contributed by atoms with Crippen molar-refractivity contribution in [1.82, 2.24) is 19.7 Å². The molecule has 1 aromatic heterocycles. The lowest BCUT2D eigenvalue weighted by molar-refractivity contribution is -0.136. The van der Waals surface area contributed by atoms with Crippen LogP contribution in [0.15, 0.2) is 11.1 Å². The molecule has 3 heterocycles. The predicted molar refractivity (Wildman–Crippen MR) is 71.2 cm³/mol. The molecule has 7 heteroatoms. The van der Waals surface area contributed by atoms with Crippen LogP contribution in [0.4, 0.5) is 0 Å². The van der Waals surface area contributed by atoms with Gasteiger partial charge in [0.2, 0.25) is 5.91 Å². The molecule has 3 rings (SSSR count). The maximum Gasteiger partial charge on any atom is 0.343 e. The Hall–Kier alpha value is -1.63. The van der Waals surface area contributed by atoms with E-state index < -0.39 is 0 Å². The summed E-state index contributed by atoms with van der Waals surface area (Å²) < 4.78 is 7.10. The van der Waals surface area contributed by atoms with Crippen LogP contribution < -0.4 is 5.69 Å². The highest BCUT2D eigenvalue weighted by atomic mass is 16.5. The van der Waals surface area contributed by atoms with Gasteiger partial charge in [0.15, 0.2) is 0 Å². The van der Waals surface area contributed by atoms with Gasteiger partial charge in [0, 0.05) is 19.1 Å². The molecule has 1 aromatic rings. The Balaban J connectivity index is 1.57. The molecule has 2 unspecified atom stereocenters. The zero-order chi connectivity index (χ0) is 14.1. The van der Waals surface area contributed by atoms with E-state index in [-0.39, 0.29) is 29.7 Å². The molecule has 2 atom stereocenters. The van der Waals surface area contributed by atoms with E-state index in [1.165, 1.54) is 6.33 Å². The summed E-state index contributed by atoms with van der Waals surface area (Å²) in [5.74, 6) is 0.213. The van der Waals surface area contributed by atoms with Gasteiger partial charge < -0.3 is 9.64 Å². The Kier molecular flexibility index (Phi) is 3.60. The van der Waals surface area contributed by atoms with Crippen molar-refractivity contribution >= 4 is 5.91 Å². The standard InChI is InChI=1S/C13H20N4O3/c1-9-6-10(7-20-9)12(18)16-4-2-11(3-5-16)17-8-14-15-13(17)19/h8-11H,2-7H2,1H3,(H,15,19). The summed E-state index contributed by atoms with van der Waals surface area (Å²) in [5, 5.41) is 6.16. The predicted octanol–water partition coefficient (Wildman–Crippen LogP) is 0.160. The molecule has 1 N–H and O–H groups in total. The summed E-state index contributed by atoms with van der Waals surface area (Å²) >= 11 is 0. The normalized spacial score (nSPS) is 27.9. The fourth-order valence-electron chi connectivity index (χ4n) is 3.13. The number of hydrogen-bond acceptors (Lipinski definition) is 4. The minimum atomic E-state index is -0.173. The highest BCUT2D eigenvalue weighted by Gasteiger charge is 2.33. The van der Waals surface area contributed by atoms with Crippen LogP contribution >= 0.6 is 0 Å². The van der Waals surface area contributed by atoms with Crippen molar-refractivity contribution < 1.29 is 9.53 Å². The fourth-order valence-corrected chi connectivity index (χ4v) is 3.13. The van der Waals surface area contributed by atoms with Crippen LogP contribution in [0.5, 0.6) is 0 Å². The van der Waals surface area contributed by atoms with Crippen LogP contribution in [0.2, 0.25) is 0 Å². The lowest BCUT2D eigenvalue weighted by Crippen LogP contribution is -2.43. The smallest absolute Gasteiger partial charge is 0.343 e. The molecule has 2 aliphatic rings. The van der Waals surface area contributed by atoms with Crippen molar-refractivity contribution in [3.8, 4) is 0 Å². The fraction of sp³-hybridized carbons (Fsp3) is 0.769. The van der Waals surface area contributed by atoms with E-state index >= 15 is 0 Å². The van der Waals surface area contributed by atoms with Crippen LogP contribution in [-0.2, 0) is 9.53 Å². The first-order chi connectivity index (χ1) is 9.65. The van der Waals surface area contributed by atoms with Crippen molar-refractivity contribution in [3.63, 3.8) is 0 Å². The minimum absolute atomic E-state index is 0.0122. The van der Waals surface area contributed by atoms with Gasteiger partial charge in [-0.3, -0.25) is 9.36 Å². The first-order valence-corrected chi connectivity index (χ1v) is 7.17. The van der Waals surface area contributed by atoms with Gasteiger partial charge in [0.25, 0.3) is 0 Å². The molecule has 2 saturated heterocycles. The number of piperidine rings is 1. The molecule has 0 saturated carbocycles. The van der Waals surface area contributed by atoms with Crippen molar-refractivity contribution in [2.75, 3.05) is 19.7 Å². The summed E-state index contributed by atoms with van der Waals surface area (Å²) in [6.45, 7) is 3.95. The molecule has 2 aliphatic heterocycles. The zero-order valence-corrected chi connectivity index (χ0v) is 11.6.